The largest absolute Gasteiger partial charge is 0.418 e. The molecule has 0 aliphatic carbocycles. The van der Waals surface area contributed by atoms with Crippen LogP contribution in [0, 0.1) is 11.3 Å². The van der Waals surface area contributed by atoms with Crippen molar-refractivity contribution >= 4 is 23.2 Å². The fourth-order valence-electron chi connectivity index (χ4n) is 2.65. The van der Waals surface area contributed by atoms with Crippen LogP contribution in [0.25, 0.3) is 0 Å². The van der Waals surface area contributed by atoms with Gasteiger partial charge in [-0.3, -0.25) is 20.4 Å². The predicted octanol–water partition coefficient (Wildman–Crippen LogP) is 4.59. The quantitative estimate of drug-likeness (QED) is 0.523. The fraction of sp³-hybridized carbons (Fsp3) is 0.0455. The molecular weight excluding hydrogens is 409 g/mol. The van der Waals surface area contributed by atoms with Crippen molar-refractivity contribution in [1.82, 2.24) is 5.43 Å². The zero-order valence-electron chi connectivity index (χ0n) is 15.8. The zero-order chi connectivity index (χ0) is 22.4. The average molecular weight is 424 g/mol. The van der Waals surface area contributed by atoms with E-state index in [2.05, 4.69) is 16.2 Å². The Balaban J connectivity index is 1.67. The molecule has 6 nitrogen and oxygen atoms in total. The van der Waals surface area contributed by atoms with E-state index in [0.717, 1.165) is 6.07 Å². The summed E-state index contributed by atoms with van der Waals surface area (Å²) in [5.74, 6) is -1.07. The van der Waals surface area contributed by atoms with Gasteiger partial charge in [-0.05, 0) is 54.6 Å². The van der Waals surface area contributed by atoms with Crippen LogP contribution >= 0.6 is 0 Å². The number of nitrogens with one attached hydrogen (secondary N) is 3. The summed E-state index contributed by atoms with van der Waals surface area (Å²) in [7, 11) is 0. The number of alkyl halides is 3. The van der Waals surface area contributed by atoms with E-state index in [9.17, 15) is 22.8 Å². The highest BCUT2D eigenvalue weighted by atomic mass is 19.4. The van der Waals surface area contributed by atoms with Gasteiger partial charge in [0, 0.05) is 16.8 Å². The van der Waals surface area contributed by atoms with Crippen LogP contribution in [0.3, 0.4) is 0 Å². The van der Waals surface area contributed by atoms with Crippen LogP contribution in [-0.2, 0) is 6.18 Å². The van der Waals surface area contributed by atoms with Gasteiger partial charge in [0.15, 0.2) is 0 Å². The highest BCUT2D eigenvalue weighted by molar-refractivity contribution is 6.05. The van der Waals surface area contributed by atoms with Gasteiger partial charge in [-0.1, -0.05) is 18.2 Å². The molecule has 3 rings (SSSR count). The highest BCUT2D eigenvalue weighted by Crippen LogP contribution is 2.35. The lowest BCUT2D eigenvalue weighted by molar-refractivity contribution is -0.137. The number of nitriles is 1. The molecule has 156 valence electrons. The number of benzene rings is 3. The topological polar surface area (TPSA) is 94.0 Å². The molecule has 3 aromatic carbocycles. The van der Waals surface area contributed by atoms with Gasteiger partial charge in [-0.15, -0.1) is 0 Å². The summed E-state index contributed by atoms with van der Waals surface area (Å²) in [6.07, 6.45) is -4.71. The lowest BCUT2D eigenvalue weighted by Crippen LogP contribution is -2.30. The molecule has 0 spiro atoms. The monoisotopic (exact) mass is 424 g/mol. The Morgan fingerprint density at radius 1 is 0.839 bits per heavy atom. The van der Waals surface area contributed by atoms with Crippen molar-refractivity contribution < 1.29 is 22.8 Å². The second-order valence-corrected chi connectivity index (χ2v) is 6.35. The standard InChI is InChI=1S/C22H15F3N4O2/c23-22(24,25)18-12-14(13-26)6-11-19(18)28-29-21(31)16-9-7-15(8-10-16)20(30)27-17-4-2-1-3-5-17/h1-12,28H,(H,27,30)(H,29,31). The van der Waals surface area contributed by atoms with Gasteiger partial charge >= 0.3 is 6.18 Å². The number of hydrogen-bond donors (Lipinski definition) is 3. The molecule has 0 aliphatic heterocycles. The molecule has 2 amide bonds. The van der Waals surface area contributed by atoms with E-state index in [-0.39, 0.29) is 17.0 Å². The molecule has 0 saturated heterocycles. The second-order valence-electron chi connectivity index (χ2n) is 6.35. The molecule has 0 radical (unpaired) electrons. The van der Waals surface area contributed by atoms with E-state index in [1.54, 1.807) is 30.3 Å². The third-order valence-corrected chi connectivity index (χ3v) is 4.21. The Hall–Kier alpha value is -4.32. The number of carbonyl (C=O) groups is 2. The summed E-state index contributed by atoms with van der Waals surface area (Å²) in [6, 6.07) is 19.0. The van der Waals surface area contributed by atoms with E-state index in [4.69, 9.17) is 5.26 Å². The smallest absolute Gasteiger partial charge is 0.322 e. The van der Waals surface area contributed by atoms with Gasteiger partial charge in [-0.2, -0.15) is 18.4 Å². The van der Waals surface area contributed by atoms with E-state index in [1.807, 2.05) is 6.07 Å². The number of nitrogens with zero attached hydrogens (tertiary/aromatic N) is 1. The number of halogens is 3. The van der Waals surface area contributed by atoms with Crippen LogP contribution in [0.2, 0.25) is 0 Å². The number of hydrogen-bond acceptors (Lipinski definition) is 4. The lowest BCUT2D eigenvalue weighted by Gasteiger charge is -2.15. The first-order chi connectivity index (χ1) is 14.8. The van der Waals surface area contributed by atoms with Gasteiger partial charge in [0.2, 0.25) is 0 Å². The molecule has 3 aromatic rings. The van der Waals surface area contributed by atoms with Crippen molar-refractivity contribution in [3.8, 4) is 6.07 Å². The Morgan fingerprint density at radius 3 is 2.03 bits per heavy atom. The molecule has 0 fully saturated rings. The number of carbonyl (C=O) groups excluding carboxylic acids is 2. The van der Waals surface area contributed by atoms with Crippen LogP contribution in [0.4, 0.5) is 24.5 Å². The molecular formula is C22H15F3N4O2. The lowest BCUT2D eigenvalue weighted by atomic mass is 10.1. The molecule has 0 aliphatic rings. The number of anilines is 2. The molecule has 9 heteroatoms. The van der Waals surface area contributed by atoms with Gasteiger partial charge < -0.3 is 5.32 Å². The van der Waals surface area contributed by atoms with E-state index in [0.29, 0.717) is 17.3 Å². The van der Waals surface area contributed by atoms with Crippen molar-refractivity contribution in [2.45, 2.75) is 6.18 Å². The SMILES string of the molecule is N#Cc1ccc(NNC(=O)c2ccc(C(=O)Nc3ccccc3)cc2)c(C(F)(F)F)c1. The molecule has 0 atom stereocenters. The van der Waals surface area contributed by atoms with Crippen LogP contribution < -0.4 is 16.2 Å². The molecule has 3 N–H and O–H groups in total. The second kappa shape index (κ2) is 9.00. The van der Waals surface area contributed by atoms with Gasteiger partial charge in [-0.25, -0.2) is 0 Å². The van der Waals surface area contributed by atoms with Crippen molar-refractivity contribution in [2.24, 2.45) is 0 Å². The highest BCUT2D eigenvalue weighted by Gasteiger charge is 2.34. The minimum Gasteiger partial charge on any atom is -0.322 e. The third-order valence-electron chi connectivity index (χ3n) is 4.21. The first kappa shape index (κ1) is 21.4. The van der Waals surface area contributed by atoms with Crippen LogP contribution in [0.1, 0.15) is 31.8 Å². The Bertz CT molecular complexity index is 1140. The van der Waals surface area contributed by atoms with Gasteiger partial charge in [0.1, 0.15) is 0 Å². The van der Waals surface area contributed by atoms with Crippen molar-refractivity contribution in [1.29, 1.82) is 5.26 Å². The van der Waals surface area contributed by atoms with Crippen molar-refractivity contribution in [3.05, 3.63) is 95.1 Å². The number of para-hydroxylation sites is 1. The van der Waals surface area contributed by atoms with E-state index < -0.39 is 23.3 Å². The molecule has 0 unspecified atom stereocenters. The maximum absolute atomic E-state index is 13.2. The fourth-order valence-corrected chi connectivity index (χ4v) is 2.65. The van der Waals surface area contributed by atoms with Gasteiger partial charge in [0.05, 0.1) is 22.9 Å². The summed E-state index contributed by atoms with van der Waals surface area (Å²) in [6.45, 7) is 0. The average Bonchev–Trinajstić information content (AvgIpc) is 2.77. The third kappa shape index (κ3) is 5.39. The summed E-state index contributed by atoms with van der Waals surface area (Å²) in [5.41, 5.74) is 3.81. The number of hydrazine groups is 1. The predicted molar refractivity (Wildman–Crippen MR) is 108 cm³/mol. The molecule has 0 aromatic heterocycles. The molecule has 0 heterocycles. The first-order valence-corrected chi connectivity index (χ1v) is 8.92. The number of rotatable bonds is 5. The zero-order valence-corrected chi connectivity index (χ0v) is 15.8. The van der Waals surface area contributed by atoms with Crippen molar-refractivity contribution in [3.63, 3.8) is 0 Å². The van der Waals surface area contributed by atoms with Crippen LogP contribution in [-0.4, -0.2) is 11.8 Å². The summed E-state index contributed by atoms with van der Waals surface area (Å²) in [5, 5.41) is 11.5. The first-order valence-electron chi connectivity index (χ1n) is 8.92. The maximum atomic E-state index is 13.2. The Labute approximate surface area is 175 Å². The number of amides is 2. The van der Waals surface area contributed by atoms with Crippen LogP contribution in [0.5, 0.6) is 0 Å². The molecule has 0 saturated carbocycles. The minimum atomic E-state index is -4.71. The summed E-state index contributed by atoms with van der Waals surface area (Å²) < 4.78 is 39.6. The summed E-state index contributed by atoms with van der Waals surface area (Å²) in [4.78, 5) is 24.5. The van der Waals surface area contributed by atoms with Crippen LogP contribution in [0.15, 0.2) is 72.8 Å². The van der Waals surface area contributed by atoms with Gasteiger partial charge in [0.25, 0.3) is 11.8 Å². The normalized spacial score (nSPS) is 10.6. The minimum absolute atomic E-state index is 0.131. The molecule has 31 heavy (non-hydrogen) atoms. The summed E-state index contributed by atoms with van der Waals surface area (Å²) >= 11 is 0. The Morgan fingerprint density at radius 2 is 1.45 bits per heavy atom. The Kier molecular flexibility index (Phi) is 6.21. The van der Waals surface area contributed by atoms with E-state index in [1.165, 1.54) is 30.3 Å². The van der Waals surface area contributed by atoms with Crippen molar-refractivity contribution in [2.75, 3.05) is 10.7 Å². The maximum Gasteiger partial charge on any atom is 0.418 e. The molecule has 0 bridgehead atoms. The van der Waals surface area contributed by atoms with E-state index >= 15 is 0 Å².